The number of benzene rings is 2. The Morgan fingerprint density at radius 2 is 1.52 bits per heavy atom. The van der Waals surface area contributed by atoms with Crippen LogP contribution in [0, 0.1) is 0 Å². The molecular formula is C16H14F3N3O4S. The molecule has 0 fully saturated rings. The SMILES string of the molecule is CNC(=O)Nc1ccc(S(=O)(=O)N(C(=O)c2ccccc2)C(F)(F)F)cc1. The van der Waals surface area contributed by atoms with Gasteiger partial charge >= 0.3 is 12.3 Å². The summed E-state index contributed by atoms with van der Waals surface area (Å²) in [6, 6.07) is 9.58. The van der Waals surface area contributed by atoms with Crippen LogP contribution in [0.15, 0.2) is 59.5 Å². The van der Waals surface area contributed by atoms with Crippen LogP contribution >= 0.6 is 0 Å². The smallest absolute Gasteiger partial charge is 0.341 e. The van der Waals surface area contributed by atoms with Crippen LogP contribution in [0.2, 0.25) is 0 Å². The summed E-state index contributed by atoms with van der Waals surface area (Å²) in [6.07, 6.45) is -5.47. The molecule has 0 bridgehead atoms. The molecule has 0 aliphatic heterocycles. The number of halogens is 3. The van der Waals surface area contributed by atoms with Crippen LogP contribution in [-0.2, 0) is 10.0 Å². The first-order chi connectivity index (χ1) is 12.6. The lowest BCUT2D eigenvalue weighted by Gasteiger charge is -2.24. The third-order valence-corrected chi connectivity index (χ3v) is 5.03. The molecule has 0 aliphatic rings. The maximum absolute atomic E-state index is 13.4. The average molecular weight is 401 g/mol. The lowest BCUT2D eigenvalue weighted by atomic mass is 10.2. The molecule has 2 aromatic carbocycles. The van der Waals surface area contributed by atoms with E-state index < -0.39 is 43.0 Å². The van der Waals surface area contributed by atoms with Crippen LogP contribution in [0.5, 0.6) is 0 Å². The number of alkyl halides is 3. The number of urea groups is 1. The number of amides is 3. The number of hydrogen-bond donors (Lipinski definition) is 2. The second-order valence-corrected chi connectivity index (χ2v) is 6.92. The Morgan fingerprint density at radius 1 is 0.963 bits per heavy atom. The Labute approximate surface area is 152 Å². The van der Waals surface area contributed by atoms with Gasteiger partial charge in [-0.2, -0.15) is 0 Å². The third kappa shape index (κ3) is 4.56. The molecule has 0 unspecified atom stereocenters. The molecule has 0 aliphatic carbocycles. The highest BCUT2D eigenvalue weighted by molar-refractivity contribution is 7.89. The number of sulfonamides is 1. The number of hydrogen-bond acceptors (Lipinski definition) is 4. The molecule has 3 amide bonds. The van der Waals surface area contributed by atoms with Gasteiger partial charge in [0.05, 0.1) is 4.90 Å². The number of nitrogens with one attached hydrogen (secondary N) is 2. The lowest BCUT2D eigenvalue weighted by molar-refractivity contribution is -0.193. The molecule has 0 saturated carbocycles. The lowest BCUT2D eigenvalue weighted by Crippen LogP contribution is -2.46. The molecule has 2 N–H and O–H groups in total. The minimum absolute atomic E-state index is 0.154. The second-order valence-electron chi connectivity index (χ2n) is 5.14. The largest absolute Gasteiger partial charge is 0.501 e. The number of carbonyl (C=O) groups excluding carboxylic acids is 2. The van der Waals surface area contributed by atoms with E-state index in [1.165, 1.54) is 25.2 Å². The Hall–Kier alpha value is -3.08. The van der Waals surface area contributed by atoms with Crippen molar-refractivity contribution < 1.29 is 31.2 Å². The quantitative estimate of drug-likeness (QED) is 0.770. The molecule has 0 aromatic heterocycles. The van der Waals surface area contributed by atoms with Gasteiger partial charge in [0, 0.05) is 18.3 Å². The first-order valence-electron chi connectivity index (χ1n) is 7.37. The van der Waals surface area contributed by atoms with Gasteiger partial charge in [0.25, 0.3) is 15.9 Å². The van der Waals surface area contributed by atoms with E-state index in [1.807, 2.05) is 0 Å². The van der Waals surface area contributed by atoms with E-state index in [0.717, 1.165) is 36.4 Å². The van der Waals surface area contributed by atoms with Crippen molar-refractivity contribution in [1.29, 1.82) is 0 Å². The first-order valence-corrected chi connectivity index (χ1v) is 8.81. The van der Waals surface area contributed by atoms with Crippen molar-refractivity contribution in [2.45, 2.75) is 11.2 Å². The molecule has 27 heavy (non-hydrogen) atoms. The van der Waals surface area contributed by atoms with Crippen molar-refractivity contribution in [3.63, 3.8) is 0 Å². The van der Waals surface area contributed by atoms with Crippen molar-refractivity contribution >= 4 is 27.6 Å². The first kappa shape index (κ1) is 20.2. The molecule has 2 aromatic rings. The fraction of sp³-hybridized carbons (Fsp3) is 0.125. The van der Waals surface area contributed by atoms with Crippen LogP contribution in [-0.4, -0.2) is 38.0 Å². The molecule has 11 heteroatoms. The van der Waals surface area contributed by atoms with Gasteiger partial charge < -0.3 is 10.6 Å². The van der Waals surface area contributed by atoms with E-state index in [-0.39, 0.29) is 5.69 Å². The van der Waals surface area contributed by atoms with Crippen LogP contribution in [0.1, 0.15) is 10.4 Å². The normalized spacial score (nSPS) is 11.6. The van der Waals surface area contributed by atoms with Gasteiger partial charge in [-0.1, -0.05) is 18.2 Å². The van der Waals surface area contributed by atoms with Crippen LogP contribution < -0.4 is 10.6 Å². The summed E-state index contributed by atoms with van der Waals surface area (Å²) in [5, 5.41) is 4.59. The van der Waals surface area contributed by atoms with Crippen LogP contribution in [0.25, 0.3) is 0 Å². The van der Waals surface area contributed by atoms with Crippen LogP contribution in [0.4, 0.5) is 23.7 Å². The minimum atomic E-state index is -5.47. The zero-order valence-electron chi connectivity index (χ0n) is 13.8. The Kier molecular flexibility index (Phi) is 5.74. The van der Waals surface area contributed by atoms with Gasteiger partial charge in [-0.15, -0.1) is 17.5 Å². The maximum Gasteiger partial charge on any atom is 0.501 e. The predicted molar refractivity (Wildman–Crippen MR) is 90.4 cm³/mol. The van der Waals surface area contributed by atoms with Gasteiger partial charge in [0.15, 0.2) is 0 Å². The van der Waals surface area contributed by atoms with E-state index in [1.54, 1.807) is 0 Å². The van der Waals surface area contributed by atoms with E-state index in [9.17, 15) is 31.2 Å². The standard InChI is InChI=1S/C16H14F3N3O4S/c1-20-15(24)21-12-7-9-13(10-8-12)27(25,26)22(16(17,18)19)14(23)11-5-3-2-4-6-11/h2-10H,1H3,(H2,20,21,24). The molecule has 144 valence electrons. The summed E-state index contributed by atoms with van der Waals surface area (Å²) in [5.41, 5.74) is -0.280. The topological polar surface area (TPSA) is 95.6 Å². The summed E-state index contributed by atoms with van der Waals surface area (Å²) in [4.78, 5) is 22.7. The summed E-state index contributed by atoms with van der Waals surface area (Å²) >= 11 is 0. The van der Waals surface area contributed by atoms with Crippen molar-refractivity contribution in [3.8, 4) is 0 Å². The van der Waals surface area contributed by atoms with E-state index in [4.69, 9.17) is 0 Å². The molecule has 0 atom stereocenters. The number of nitrogens with zero attached hydrogens (tertiary/aromatic N) is 1. The van der Waals surface area contributed by atoms with Crippen LogP contribution in [0.3, 0.4) is 0 Å². The summed E-state index contributed by atoms with van der Waals surface area (Å²) in [6.45, 7) is 0. The van der Waals surface area contributed by atoms with Gasteiger partial charge in [-0.3, -0.25) is 4.79 Å². The molecule has 0 spiro atoms. The van der Waals surface area contributed by atoms with Gasteiger partial charge in [0.1, 0.15) is 0 Å². The Balaban J connectivity index is 2.43. The van der Waals surface area contributed by atoms with E-state index in [2.05, 4.69) is 10.6 Å². The zero-order valence-corrected chi connectivity index (χ0v) is 14.6. The third-order valence-electron chi connectivity index (χ3n) is 3.31. The molecule has 0 saturated heterocycles. The highest BCUT2D eigenvalue weighted by atomic mass is 32.2. The van der Waals surface area contributed by atoms with Crippen molar-refractivity contribution in [2.75, 3.05) is 12.4 Å². The number of rotatable bonds is 4. The summed E-state index contributed by atoms with van der Waals surface area (Å²) < 4.78 is 64.0. The molecular weight excluding hydrogens is 387 g/mol. The molecule has 2 rings (SSSR count). The van der Waals surface area contributed by atoms with Crippen molar-refractivity contribution in [3.05, 3.63) is 60.2 Å². The van der Waals surface area contributed by atoms with Crippen molar-refractivity contribution in [1.82, 2.24) is 9.62 Å². The monoisotopic (exact) mass is 401 g/mol. The molecule has 7 nitrogen and oxygen atoms in total. The fourth-order valence-electron chi connectivity index (χ4n) is 2.07. The highest BCUT2D eigenvalue weighted by Gasteiger charge is 2.50. The number of carbonyl (C=O) groups is 2. The summed E-state index contributed by atoms with van der Waals surface area (Å²) in [5.74, 6) is -1.73. The van der Waals surface area contributed by atoms with Gasteiger partial charge in [-0.25, -0.2) is 13.2 Å². The summed E-state index contributed by atoms with van der Waals surface area (Å²) in [7, 11) is -3.87. The Morgan fingerprint density at radius 3 is 2.00 bits per heavy atom. The van der Waals surface area contributed by atoms with Gasteiger partial charge in [-0.05, 0) is 36.4 Å². The molecule has 0 heterocycles. The van der Waals surface area contributed by atoms with E-state index in [0.29, 0.717) is 0 Å². The maximum atomic E-state index is 13.4. The van der Waals surface area contributed by atoms with E-state index >= 15 is 0 Å². The number of anilines is 1. The second kappa shape index (κ2) is 7.66. The van der Waals surface area contributed by atoms with Gasteiger partial charge in [0.2, 0.25) is 0 Å². The molecule has 0 radical (unpaired) electrons. The minimum Gasteiger partial charge on any atom is -0.341 e. The predicted octanol–water partition coefficient (Wildman–Crippen LogP) is 2.79. The van der Waals surface area contributed by atoms with Crippen molar-refractivity contribution in [2.24, 2.45) is 0 Å². The fourth-order valence-corrected chi connectivity index (χ4v) is 3.35. The average Bonchev–Trinajstić information content (AvgIpc) is 2.61. The highest BCUT2D eigenvalue weighted by Crippen LogP contribution is 2.31. The zero-order chi connectivity index (χ0) is 20.2. The Bertz CT molecular complexity index is 930.